The van der Waals surface area contributed by atoms with Crippen molar-refractivity contribution in [1.29, 1.82) is 0 Å². The van der Waals surface area contributed by atoms with Gasteiger partial charge in [-0.25, -0.2) is 21.8 Å². The fourth-order valence-corrected chi connectivity index (χ4v) is 8.00. The average molecular weight is 672 g/mol. The summed E-state index contributed by atoms with van der Waals surface area (Å²) >= 11 is 1.27. The molecule has 0 saturated heterocycles. The molecule has 0 spiro atoms. The highest BCUT2D eigenvalue weighted by Gasteiger charge is 2.27. The van der Waals surface area contributed by atoms with Crippen molar-refractivity contribution in [3.8, 4) is 5.75 Å². The zero-order valence-corrected chi connectivity index (χ0v) is 28.0. The second-order valence-corrected chi connectivity index (χ2v) is 14.5. The van der Waals surface area contributed by atoms with Crippen molar-refractivity contribution in [2.75, 3.05) is 44.0 Å². The predicted molar refractivity (Wildman–Crippen MR) is 184 cm³/mol. The first kappa shape index (κ1) is 30.8. The summed E-state index contributed by atoms with van der Waals surface area (Å²) in [5.74, 6) is 0.544. The first-order valence-corrected chi connectivity index (χ1v) is 17.5. The summed E-state index contributed by atoms with van der Waals surface area (Å²) in [6.07, 6.45) is 3.02. The third-order valence-corrected chi connectivity index (χ3v) is 10.7. The molecule has 1 aliphatic rings. The maximum Gasteiger partial charge on any atom is 0.278 e. The fourth-order valence-electron chi connectivity index (χ4n) is 5.95. The molecule has 0 atom stereocenters. The van der Waals surface area contributed by atoms with E-state index in [0.29, 0.717) is 40.2 Å². The normalized spacial score (nSPS) is 13.5. The van der Waals surface area contributed by atoms with Crippen LogP contribution in [0.15, 0.2) is 69.8 Å². The topological polar surface area (TPSA) is 131 Å². The molecule has 1 aliphatic heterocycles. The van der Waals surface area contributed by atoms with Crippen molar-refractivity contribution >= 4 is 71.5 Å². The van der Waals surface area contributed by atoms with Crippen molar-refractivity contribution in [3.63, 3.8) is 0 Å². The molecule has 0 radical (unpaired) electrons. The Hall–Kier alpha value is -4.79. The van der Waals surface area contributed by atoms with Gasteiger partial charge in [-0.2, -0.15) is 4.98 Å². The molecular weight excluding hydrogens is 639 g/mol. The van der Waals surface area contributed by atoms with E-state index < -0.39 is 10.0 Å². The molecule has 1 amide bonds. The smallest absolute Gasteiger partial charge is 0.278 e. The number of carbonyl (C=O) groups is 1. The molecule has 12 nitrogen and oxygen atoms in total. The van der Waals surface area contributed by atoms with Crippen molar-refractivity contribution in [2.45, 2.75) is 31.6 Å². The Kier molecular flexibility index (Phi) is 7.73. The van der Waals surface area contributed by atoms with Gasteiger partial charge in [0.1, 0.15) is 10.4 Å². The Morgan fingerprint density at radius 2 is 1.87 bits per heavy atom. The van der Waals surface area contributed by atoms with Crippen LogP contribution in [0.25, 0.3) is 26.9 Å². The Morgan fingerprint density at radius 3 is 2.62 bits per heavy atom. The Bertz CT molecular complexity index is 2360. The van der Waals surface area contributed by atoms with Gasteiger partial charge >= 0.3 is 0 Å². The number of aryl methyl sites for hydroxylation is 2. The summed E-state index contributed by atoms with van der Waals surface area (Å²) in [6, 6.07) is 13.7. The minimum Gasteiger partial charge on any atom is -0.492 e. The van der Waals surface area contributed by atoms with E-state index in [9.17, 15) is 18.0 Å². The van der Waals surface area contributed by atoms with Gasteiger partial charge in [-0.05, 0) is 88.1 Å². The number of carbonyl (C=O) groups excluding carboxylic acids is 1. The number of amides is 1. The van der Waals surface area contributed by atoms with Gasteiger partial charge in [-0.3, -0.25) is 9.59 Å². The van der Waals surface area contributed by atoms with Gasteiger partial charge in [0.15, 0.2) is 11.3 Å². The van der Waals surface area contributed by atoms with Crippen LogP contribution in [-0.4, -0.2) is 71.4 Å². The molecule has 0 bridgehead atoms. The minimum atomic E-state index is -4.05. The number of nitrogens with zero attached hydrogens (tertiary/aromatic N) is 6. The number of benzene rings is 2. The van der Waals surface area contributed by atoms with E-state index in [1.165, 1.54) is 21.9 Å². The lowest BCUT2D eigenvalue weighted by molar-refractivity contribution is -0.119. The zero-order valence-electron chi connectivity index (χ0n) is 26.4. The molecule has 7 rings (SSSR count). The molecule has 4 aromatic heterocycles. The van der Waals surface area contributed by atoms with E-state index in [1.807, 2.05) is 45.0 Å². The molecule has 5 heterocycles. The Balaban J connectivity index is 1.46. The third kappa shape index (κ3) is 5.31. The second-order valence-electron chi connectivity index (χ2n) is 11.7. The van der Waals surface area contributed by atoms with Gasteiger partial charge in [0.25, 0.3) is 15.6 Å². The molecule has 242 valence electrons. The molecule has 0 saturated carbocycles. The first-order chi connectivity index (χ1) is 22.6. The van der Waals surface area contributed by atoms with Crippen molar-refractivity contribution in [3.05, 3.63) is 81.6 Å². The SMILES string of the molecule is CCOc1cc2c(cc1Nc1nc3c(ccn3S(=O)(=O)c3ccc(C)cc3)c3nc4ccsc4c(=O)n13)N(C(=O)CN(C)C)CCC2. The number of aromatic nitrogens is 4. The van der Waals surface area contributed by atoms with Gasteiger partial charge < -0.3 is 19.9 Å². The maximum atomic E-state index is 14.0. The summed E-state index contributed by atoms with van der Waals surface area (Å²) in [7, 11) is -0.348. The van der Waals surface area contributed by atoms with Gasteiger partial charge in [-0.1, -0.05) is 17.7 Å². The number of anilines is 3. The average Bonchev–Trinajstić information content (AvgIpc) is 3.69. The van der Waals surface area contributed by atoms with Crippen LogP contribution in [-0.2, 0) is 21.2 Å². The lowest BCUT2D eigenvalue weighted by atomic mass is 10.00. The van der Waals surface area contributed by atoms with E-state index >= 15 is 0 Å². The molecule has 0 unspecified atom stereocenters. The molecule has 1 N–H and O–H groups in total. The highest BCUT2D eigenvalue weighted by molar-refractivity contribution is 7.90. The first-order valence-electron chi connectivity index (χ1n) is 15.2. The maximum absolute atomic E-state index is 14.0. The third-order valence-electron chi connectivity index (χ3n) is 8.15. The van der Waals surface area contributed by atoms with Gasteiger partial charge in [0, 0.05) is 18.4 Å². The number of nitrogens with one attached hydrogen (secondary N) is 1. The van der Waals surface area contributed by atoms with Gasteiger partial charge in [0.2, 0.25) is 11.9 Å². The van der Waals surface area contributed by atoms with E-state index in [1.54, 1.807) is 46.7 Å². The molecule has 47 heavy (non-hydrogen) atoms. The van der Waals surface area contributed by atoms with Crippen LogP contribution in [0, 0.1) is 6.92 Å². The minimum absolute atomic E-state index is 0.0318. The Labute approximate surface area is 274 Å². The number of ether oxygens (including phenoxy) is 1. The summed E-state index contributed by atoms with van der Waals surface area (Å²) in [6.45, 7) is 4.96. The van der Waals surface area contributed by atoms with Crippen LogP contribution in [0.1, 0.15) is 24.5 Å². The van der Waals surface area contributed by atoms with Crippen LogP contribution in [0.5, 0.6) is 5.75 Å². The number of rotatable bonds is 8. The molecule has 0 fully saturated rings. The quantitative estimate of drug-likeness (QED) is 0.243. The predicted octanol–water partition coefficient (Wildman–Crippen LogP) is 4.79. The van der Waals surface area contributed by atoms with Crippen LogP contribution in [0.2, 0.25) is 0 Å². The number of hydrogen-bond donors (Lipinski definition) is 1. The van der Waals surface area contributed by atoms with E-state index in [2.05, 4.69) is 5.32 Å². The molecule has 14 heteroatoms. The highest BCUT2D eigenvalue weighted by atomic mass is 32.2. The lowest BCUT2D eigenvalue weighted by Gasteiger charge is -2.31. The molecular formula is C33H33N7O5S2. The summed E-state index contributed by atoms with van der Waals surface area (Å²) in [4.78, 5) is 40.5. The number of fused-ring (bicyclic) bond motifs is 5. The molecule has 6 aromatic rings. The molecule has 0 aliphatic carbocycles. The van der Waals surface area contributed by atoms with E-state index in [0.717, 1.165) is 33.6 Å². The largest absolute Gasteiger partial charge is 0.492 e. The fraction of sp³-hybridized carbons (Fsp3) is 0.273. The summed E-state index contributed by atoms with van der Waals surface area (Å²) in [5.41, 5.74) is 3.64. The monoisotopic (exact) mass is 671 g/mol. The van der Waals surface area contributed by atoms with Crippen LogP contribution < -0.4 is 20.5 Å². The number of thiophene rings is 1. The second kappa shape index (κ2) is 11.8. The standard InChI is InChI=1S/C33H33N7O5S2/c1-5-45-27-17-21-7-6-14-38(28(41)19-37(3)4)26(21)18-25(27)35-33-36-30-23(31-34-24-13-16-46-29(24)32(42)40(31)33)12-15-39(30)47(43,44)22-10-8-20(2)9-11-22/h8-13,15-18H,5-7,14,19H2,1-4H3,(H,35,36). The molecule has 2 aromatic carbocycles. The summed E-state index contributed by atoms with van der Waals surface area (Å²) in [5, 5.41) is 5.48. The van der Waals surface area contributed by atoms with Gasteiger partial charge in [0.05, 0.1) is 34.6 Å². The van der Waals surface area contributed by atoms with E-state index in [-0.39, 0.29) is 40.1 Å². The highest BCUT2D eigenvalue weighted by Crippen LogP contribution is 2.39. The Morgan fingerprint density at radius 1 is 1.09 bits per heavy atom. The zero-order chi connectivity index (χ0) is 33.0. The van der Waals surface area contributed by atoms with Crippen molar-refractivity contribution < 1.29 is 17.9 Å². The number of hydrogen-bond acceptors (Lipinski definition) is 10. The van der Waals surface area contributed by atoms with E-state index in [4.69, 9.17) is 14.7 Å². The van der Waals surface area contributed by atoms with Gasteiger partial charge in [-0.15, -0.1) is 11.3 Å². The number of likely N-dealkylation sites (N-methyl/N-ethyl adjacent to an activating group) is 1. The lowest BCUT2D eigenvalue weighted by Crippen LogP contribution is -2.40. The van der Waals surface area contributed by atoms with Crippen LogP contribution in [0.4, 0.5) is 17.3 Å². The van der Waals surface area contributed by atoms with Crippen LogP contribution in [0.3, 0.4) is 0 Å². The van der Waals surface area contributed by atoms with Crippen molar-refractivity contribution in [2.24, 2.45) is 0 Å². The summed E-state index contributed by atoms with van der Waals surface area (Å²) < 4.78 is 36.8. The van der Waals surface area contributed by atoms with Crippen LogP contribution >= 0.6 is 11.3 Å². The van der Waals surface area contributed by atoms with Crippen molar-refractivity contribution in [1.82, 2.24) is 23.2 Å².